The normalized spacial score (nSPS) is 20.4. The molecule has 0 aliphatic carbocycles. The lowest BCUT2D eigenvalue weighted by Gasteiger charge is -2.42. The summed E-state index contributed by atoms with van der Waals surface area (Å²) in [5.74, 6) is -2.46. The Morgan fingerprint density at radius 1 is 0.833 bits per heavy atom. The van der Waals surface area contributed by atoms with Crippen molar-refractivity contribution in [3.8, 4) is 0 Å². The Balaban J connectivity index is 6.08. The maximum atomic E-state index is 12.0. The van der Waals surface area contributed by atoms with E-state index >= 15 is 0 Å². The Kier molecular flexibility index (Phi) is 8.83. The molecule has 24 heavy (non-hydrogen) atoms. The van der Waals surface area contributed by atoms with Crippen LogP contribution in [0.1, 0.15) is 20.8 Å². The van der Waals surface area contributed by atoms with Gasteiger partial charge in [0.15, 0.2) is 29.1 Å². The number of carbonyl (C=O) groups excluding carboxylic acids is 3. The van der Waals surface area contributed by atoms with E-state index in [9.17, 15) is 29.7 Å². The molecule has 0 saturated carbocycles. The highest BCUT2D eigenvalue weighted by atomic mass is 16.6. The highest BCUT2D eigenvalue weighted by Crippen LogP contribution is 2.28. The van der Waals surface area contributed by atoms with Gasteiger partial charge in [-0.25, -0.2) is 0 Å². The quantitative estimate of drug-likeness (QED) is 0.396. The van der Waals surface area contributed by atoms with Crippen molar-refractivity contribution >= 4 is 17.3 Å². The number of aliphatic hydroxyl groups is 3. The largest absolute Gasteiger partial charge is 0.382 e. The second-order valence-corrected chi connectivity index (χ2v) is 5.51. The molecule has 0 rings (SSSR count). The van der Waals surface area contributed by atoms with Crippen LogP contribution in [0, 0.1) is 0 Å². The van der Waals surface area contributed by atoms with Crippen molar-refractivity contribution < 1.29 is 43.9 Å². The van der Waals surface area contributed by atoms with E-state index in [2.05, 4.69) is 0 Å². The Bertz CT molecular complexity index is 464. The van der Waals surface area contributed by atoms with Crippen LogP contribution in [0.3, 0.4) is 0 Å². The molecular formula is C15H26O9. The predicted octanol–water partition coefficient (Wildman–Crippen LogP) is -1.75. The van der Waals surface area contributed by atoms with Crippen LogP contribution in [0.15, 0.2) is 0 Å². The molecule has 0 saturated heterocycles. The zero-order valence-electron chi connectivity index (χ0n) is 14.7. The van der Waals surface area contributed by atoms with Crippen molar-refractivity contribution in [2.45, 2.75) is 56.9 Å². The standard InChI is InChI=1S/C15H26O9/c1-7(16)10(19)11(22-4)12(23-5)14(24-6)15(21,9(3)18)13(20)8(2)17/h10-14,19-21H,1-6H3/t10?,11-,12+,13?,14-,15+/m0/s1. The molecule has 0 aromatic rings. The number of aliphatic hydroxyl groups excluding tert-OH is 2. The monoisotopic (exact) mass is 350 g/mol. The summed E-state index contributed by atoms with van der Waals surface area (Å²) >= 11 is 0. The van der Waals surface area contributed by atoms with Gasteiger partial charge in [-0.05, 0) is 20.8 Å². The van der Waals surface area contributed by atoms with Crippen LogP contribution < -0.4 is 0 Å². The van der Waals surface area contributed by atoms with Crippen molar-refractivity contribution in [1.29, 1.82) is 0 Å². The van der Waals surface area contributed by atoms with Gasteiger partial charge in [0, 0.05) is 21.3 Å². The Labute approximate surface area is 140 Å². The molecule has 0 amide bonds. The first-order valence-corrected chi connectivity index (χ1v) is 7.19. The van der Waals surface area contributed by atoms with Crippen molar-refractivity contribution in [3.05, 3.63) is 0 Å². The minimum absolute atomic E-state index is 0.641. The summed E-state index contributed by atoms with van der Waals surface area (Å²) in [6.07, 6.45) is -7.99. The average molecular weight is 350 g/mol. The molecule has 6 atom stereocenters. The Morgan fingerprint density at radius 2 is 1.29 bits per heavy atom. The number of ether oxygens (including phenoxy) is 3. The first-order chi connectivity index (χ1) is 11.0. The van der Waals surface area contributed by atoms with Crippen LogP contribution in [-0.2, 0) is 28.6 Å². The van der Waals surface area contributed by atoms with Gasteiger partial charge in [0.25, 0.3) is 0 Å². The fraction of sp³-hybridized carbons (Fsp3) is 0.800. The van der Waals surface area contributed by atoms with Gasteiger partial charge in [0.05, 0.1) is 0 Å². The SMILES string of the molecule is CO[C@H]([C@@H](OC)C(O)C(C)=O)[C@H](OC)[C@@](O)(C(C)=O)C(O)C(C)=O. The van der Waals surface area contributed by atoms with Crippen molar-refractivity contribution in [2.24, 2.45) is 0 Å². The highest BCUT2D eigenvalue weighted by Gasteiger charge is 2.55. The minimum Gasteiger partial charge on any atom is -0.382 e. The molecule has 140 valence electrons. The summed E-state index contributed by atoms with van der Waals surface area (Å²) in [6, 6.07) is 0. The minimum atomic E-state index is -2.66. The molecule has 9 nitrogen and oxygen atoms in total. The van der Waals surface area contributed by atoms with E-state index in [1.165, 1.54) is 14.2 Å². The molecule has 0 spiro atoms. The first kappa shape index (κ1) is 22.8. The van der Waals surface area contributed by atoms with E-state index in [-0.39, 0.29) is 0 Å². The first-order valence-electron chi connectivity index (χ1n) is 7.19. The van der Waals surface area contributed by atoms with Crippen LogP contribution in [-0.4, -0.2) is 90.1 Å². The molecule has 0 aromatic heterocycles. The van der Waals surface area contributed by atoms with Gasteiger partial charge < -0.3 is 29.5 Å². The molecule has 0 bridgehead atoms. The second-order valence-electron chi connectivity index (χ2n) is 5.51. The van der Waals surface area contributed by atoms with E-state index in [1.807, 2.05) is 0 Å². The summed E-state index contributed by atoms with van der Waals surface area (Å²) in [4.78, 5) is 34.9. The van der Waals surface area contributed by atoms with Crippen molar-refractivity contribution in [2.75, 3.05) is 21.3 Å². The van der Waals surface area contributed by atoms with Gasteiger partial charge in [-0.2, -0.15) is 0 Å². The average Bonchev–Trinajstić information content (AvgIpc) is 2.52. The molecule has 0 aliphatic rings. The van der Waals surface area contributed by atoms with Crippen LogP contribution in [0.4, 0.5) is 0 Å². The number of hydrogen-bond donors (Lipinski definition) is 3. The zero-order valence-corrected chi connectivity index (χ0v) is 14.7. The molecule has 9 heteroatoms. The van der Waals surface area contributed by atoms with E-state index in [0.717, 1.165) is 27.9 Å². The van der Waals surface area contributed by atoms with Crippen LogP contribution in [0.2, 0.25) is 0 Å². The summed E-state index contributed by atoms with van der Waals surface area (Å²) in [7, 11) is 3.48. The number of ketones is 3. The maximum Gasteiger partial charge on any atom is 0.184 e. The third-order valence-corrected chi connectivity index (χ3v) is 3.95. The number of rotatable bonds is 11. The summed E-state index contributed by atoms with van der Waals surface area (Å²) in [5.41, 5.74) is -2.66. The van der Waals surface area contributed by atoms with Crippen LogP contribution in [0.25, 0.3) is 0 Å². The Morgan fingerprint density at radius 3 is 1.54 bits per heavy atom. The van der Waals surface area contributed by atoms with E-state index < -0.39 is 53.5 Å². The third kappa shape index (κ3) is 4.44. The summed E-state index contributed by atoms with van der Waals surface area (Å²) in [5, 5.41) is 30.7. The molecular weight excluding hydrogens is 324 g/mol. The smallest absolute Gasteiger partial charge is 0.184 e. The summed E-state index contributed by atoms with van der Waals surface area (Å²) in [6.45, 7) is 3.08. The fourth-order valence-electron chi connectivity index (χ4n) is 2.53. The maximum absolute atomic E-state index is 12.0. The second kappa shape index (κ2) is 9.30. The Hall–Kier alpha value is -1.23. The van der Waals surface area contributed by atoms with Gasteiger partial charge in [0.2, 0.25) is 0 Å². The number of Topliss-reactive ketones (excluding diaryl/α,β-unsaturated/α-hetero) is 3. The lowest BCUT2D eigenvalue weighted by Crippen LogP contribution is -2.67. The molecule has 0 aromatic carbocycles. The van der Waals surface area contributed by atoms with E-state index in [4.69, 9.17) is 14.2 Å². The lowest BCUT2D eigenvalue weighted by molar-refractivity contribution is -0.216. The van der Waals surface area contributed by atoms with Gasteiger partial charge >= 0.3 is 0 Å². The fourth-order valence-corrected chi connectivity index (χ4v) is 2.53. The number of methoxy groups -OCH3 is 3. The van der Waals surface area contributed by atoms with Gasteiger partial charge in [-0.3, -0.25) is 14.4 Å². The number of carbonyl (C=O) groups is 3. The van der Waals surface area contributed by atoms with Gasteiger partial charge in [0.1, 0.15) is 24.4 Å². The topological polar surface area (TPSA) is 140 Å². The molecule has 0 heterocycles. The number of hydrogen-bond acceptors (Lipinski definition) is 9. The molecule has 3 N–H and O–H groups in total. The summed E-state index contributed by atoms with van der Waals surface area (Å²) < 4.78 is 15.3. The van der Waals surface area contributed by atoms with Crippen molar-refractivity contribution in [1.82, 2.24) is 0 Å². The van der Waals surface area contributed by atoms with E-state index in [0.29, 0.717) is 0 Å². The molecule has 2 unspecified atom stereocenters. The van der Waals surface area contributed by atoms with Crippen LogP contribution >= 0.6 is 0 Å². The lowest BCUT2D eigenvalue weighted by atomic mass is 9.79. The van der Waals surface area contributed by atoms with Crippen molar-refractivity contribution in [3.63, 3.8) is 0 Å². The third-order valence-electron chi connectivity index (χ3n) is 3.95. The predicted molar refractivity (Wildman–Crippen MR) is 81.4 cm³/mol. The van der Waals surface area contributed by atoms with Crippen LogP contribution in [0.5, 0.6) is 0 Å². The molecule has 0 radical (unpaired) electrons. The van der Waals surface area contributed by atoms with Gasteiger partial charge in [-0.15, -0.1) is 0 Å². The van der Waals surface area contributed by atoms with E-state index in [1.54, 1.807) is 0 Å². The zero-order chi connectivity index (χ0) is 19.2. The molecule has 0 fully saturated rings. The van der Waals surface area contributed by atoms with Gasteiger partial charge in [-0.1, -0.05) is 0 Å². The highest BCUT2D eigenvalue weighted by molar-refractivity contribution is 5.94. The molecule has 0 aliphatic heterocycles.